The average molecular weight is 183 g/mol. The quantitative estimate of drug-likeness (QED) is 0.607. The fourth-order valence-electron chi connectivity index (χ4n) is 1.47. The van der Waals surface area contributed by atoms with Crippen molar-refractivity contribution in [2.75, 3.05) is 0 Å². The molecule has 2 heteroatoms. The molecular weight excluding hydrogens is 172 g/mol. The van der Waals surface area contributed by atoms with E-state index in [4.69, 9.17) is 16.3 Å². The van der Waals surface area contributed by atoms with Crippen LogP contribution in [0.3, 0.4) is 0 Å². The first kappa shape index (κ1) is 7.93. The van der Waals surface area contributed by atoms with Crippen molar-refractivity contribution in [2.24, 2.45) is 0 Å². The molecule has 0 aliphatic carbocycles. The van der Waals surface area contributed by atoms with Crippen LogP contribution < -0.4 is 4.74 Å². The summed E-state index contributed by atoms with van der Waals surface area (Å²) in [4.78, 5) is 0. The summed E-state index contributed by atoms with van der Waals surface area (Å²) in [6, 6.07) is 8.10. The van der Waals surface area contributed by atoms with Crippen LogP contribution >= 0.6 is 11.6 Å². The summed E-state index contributed by atoms with van der Waals surface area (Å²) in [6.45, 7) is 1.97. The van der Waals surface area contributed by atoms with Crippen LogP contribution in [0.5, 0.6) is 5.75 Å². The highest BCUT2D eigenvalue weighted by atomic mass is 35.5. The number of para-hydroxylation sites is 1. The normalized spacial score (nSPS) is 23.0. The standard InChI is InChI=1S/C10H11ClO/c1-7(11)10-6-8-4-2-3-5-9(8)12-10/h2-5,7,10H,6H2,1H3. The number of hydrogen-bond acceptors (Lipinski definition) is 1. The lowest BCUT2D eigenvalue weighted by Gasteiger charge is -2.11. The number of hydrogen-bond donors (Lipinski definition) is 0. The maximum Gasteiger partial charge on any atom is 0.123 e. The van der Waals surface area contributed by atoms with Crippen LogP contribution in [-0.4, -0.2) is 11.5 Å². The fraction of sp³-hybridized carbons (Fsp3) is 0.400. The smallest absolute Gasteiger partial charge is 0.123 e. The summed E-state index contributed by atoms with van der Waals surface area (Å²) in [5.41, 5.74) is 1.27. The maximum atomic E-state index is 5.95. The first-order valence-electron chi connectivity index (χ1n) is 4.16. The van der Waals surface area contributed by atoms with Crippen molar-refractivity contribution < 1.29 is 4.74 Å². The Kier molecular flexibility index (Phi) is 1.97. The molecule has 2 unspecified atom stereocenters. The molecule has 0 saturated heterocycles. The molecule has 0 aromatic heterocycles. The molecule has 64 valence electrons. The molecule has 0 bridgehead atoms. The van der Waals surface area contributed by atoms with E-state index in [0.29, 0.717) is 0 Å². The Balaban J connectivity index is 2.22. The third-order valence-electron chi connectivity index (χ3n) is 2.18. The van der Waals surface area contributed by atoms with E-state index >= 15 is 0 Å². The highest BCUT2D eigenvalue weighted by Crippen LogP contribution is 2.30. The van der Waals surface area contributed by atoms with Gasteiger partial charge in [-0.25, -0.2) is 0 Å². The number of fused-ring (bicyclic) bond motifs is 1. The minimum atomic E-state index is 0.0809. The zero-order valence-electron chi connectivity index (χ0n) is 6.96. The zero-order chi connectivity index (χ0) is 8.55. The Morgan fingerprint density at radius 3 is 2.92 bits per heavy atom. The average Bonchev–Trinajstić information content (AvgIpc) is 2.46. The summed E-state index contributed by atoms with van der Waals surface area (Å²) in [5, 5.41) is 0.0809. The SMILES string of the molecule is CC(Cl)C1Cc2ccccc2O1. The van der Waals surface area contributed by atoms with E-state index in [0.717, 1.165) is 12.2 Å². The van der Waals surface area contributed by atoms with Gasteiger partial charge in [0, 0.05) is 6.42 Å². The number of alkyl halides is 1. The molecule has 1 aromatic rings. The summed E-state index contributed by atoms with van der Waals surface area (Å²) >= 11 is 5.95. The molecule has 0 N–H and O–H groups in total. The lowest BCUT2D eigenvalue weighted by atomic mass is 10.1. The maximum absolute atomic E-state index is 5.95. The Morgan fingerprint density at radius 1 is 1.50 bits per heavy atom. The van der Waals surface area contributed by atoms with E-state index < -0.39 is 0 Å². The zero-order valence-corrected chi connectivity index (χ0v) is 7.71. The van der Waals surface area contributed by atoms with Gasteiger partial charge in [-0.2, -0.15) is 0 Å². The molecule has 1 heterocycles. The van der Waals surface area contributed by atoms with Gasteiger partial charge in [0.25, 0.3) is 0 Å². The summed E-state index contributed by atoms with van der Waals surface area (Å²) < 4.78 is 5.64. The van der Waals surface area contributed by atoms with E-state index in [-0.39, 0.29) is 11.5 Å². The Labute approximate surface area is 77.3 Å². The van der Waals surface area contributed by atoms with Crippen LogP contribution in [0.1, 0.15) is 12.5 Å². The second-order valence-electron chi connectivity index (χ2n) is 3.15. The van der Waals surface area contributed by atoms with E-state index in [1.54, 1.807) is 0 Å². The van der Waals surface area contributed by atoms with Crippen LogP contribution in [0, 0.1) is 0 Å². The van der Waals surface area contributed by atoms with Crippen LogP contribution in [0.2, 0.25) is 0 Å². The van der Waals surface area contributed by atoms with Gasteiger partial charge in [-0.3, -0.25) is 0 Å². The highest BCUT2D eigenvalue weighted by Gasteiger charge is 2.25. The predicted octanol–water partition coefficient (Wildman–Crippen LogP) is 2.62. The molecule has 1 aliphatic heterocycles. The Hall–Kier alpha value is -0.690. The number of rotatable bonds is 1. The van der Waals surface area contributed by atoms with E-state index in [1.807, 2.05) is 25.1 Å². The van der Waals surface area contributed by atoms with E-state index in [1.165, 1.54) is 5.56 Å². The Morgan fingerprint density at radius 2 is 2.25 bits per heavy atom. The van der Waals surface area contributed by atoms with Gasteiger partial charge in [0.1, 0.15) is 11.9 Å². The topological polar surface area (TPSA) is 9.23 Å². The van der Waals surface area contributed by atoms with Crippen LogP contribution in [0.4, 0.5) is 0 Å². The Bertz CT molecular complexity index is 258. The van der Waals surface area contributed by atoms with Gasteiger partial charge in [-0.1, -0.05) is 18.2 Å². The first-order valence-corrected chi connectivity index (χ1v) is 4.59. The molecule has 0 fully saturated rings. The van der Waals surface area contributed by atoms with E-state index in [9.17, 15) is 0 Å². The third kappa shape index (κ3) is 1.29. The largest absolute Gasteiger partial charge is 0.488 e. The lowest BCUT2D eigenvalue weighted by Crippen LogP contribution is -2.22. The molecular formula is C10H11ClO. The predicted molar refractivity (Wildman–Crippen MR) is 49.9 cm³/mol. The summed E-state index contributed by atoms with van der Waals surface area (Å²) in [6.07, 6.45) is 1.10. The minimum absolute atomic E-state index is 0.0809. The van der Waals surface area contributed by atoms with Crippen molar-refractivity contribution in [3.63, 3.8) is 0 Å². The lowest BCUT2D eigenvalue weighted by molar-refractivity contribution is 0.232. The van der Waals surface area contributed by atoms with Gasteiger partial charge >= 0.3 is 0 Å². The molecule has 0 spiro atoms. The molecule has 0 saturated carbocycles. The number of benzene rings is 1. The van der Waals surface area contributed by atoms with Crippen molar-refractivity contribution in [3.8, 4) is 5.75 Å². The summed E-state index contributed by atoms with van der Waals surface area (Å²) in [7, 11) is 0. The minimum Gasteiger partial charge on any atom is -0.488 e. The molecule has 0 amide bonds. The fourth-order valence-corrected chi connectivity index (χ4v) is 1.61. The van der Waals surface area contributed by atoms with Crippen molar-refractivity contribution in [1.82, 2.24) is 0 Å². The molecule has 1 aliphatic rings. The van der Waals surface area contributed by atoms with Crippen molar-refractivity contribution in [2.45, 2.75) is 24.8 Å². The second kappa shape index (κ2) is 2.98. The van der Waals surface area contributed by atoms with Gasteiger partial charge in [-0.05, 0) is 18.6 Å². The van der Waals surface area contributed by atoms with Gasteiger partial charge in [0.2, 0.25) is 0 Å². The van der Waals surface area contributed by atoms with Crippen molar-refractivity contribution in [3.05, 3.63) is 29.8 Å². The van der Waals surface area contributed by atoms with Gasteiger partial charge < -0.3 is 4.74 Å². The van der Waals surface area contributed by atoms with Gasteiger partial charge in [-0.15, -0.1) is 11.6 Å². The van der Waals surface area contributed by atoms with Crippen LogP contribution in [-0.2, 0) is 6.42 Å². The molecule has 1 aromatic carbocycles. The molecule has 2 atom stereocenters. The van der Waals surface area contributed by atoms with Gasteiger partial charge in [0.05, 0.1) is 5.38 Å². The highest BCUT2D eigenvalue weighted by molar-refractivity contribution is 6.20. The van der Waals surface area contributed by atoms with Crippen molar-refractivity contribution >= 4 is 11.6 Å². The third-order valence-corrected chi connectivity index (χ3v) is 2.47. The second-order valence-corrected chi connectivity index (χ2v) is 3.83. The monoisotopic (exact) mass is 182 g/mol. The molecule has 12 heavy (non-hydrogen) atoms. The number of ether oxygens (including phenoxy) is 1. The molecule has 2 rings (SSSR count). The first-order chi connectivity index (χ1) is 5.77. The molecule has 1 nitrogen and oxygen atoms in total. The van der Waals surface area contributed by atoms with Crippen LogP contribution in [0.15, 0.2) is 24.3 Å². The van der Waals surface area contributed by atoms with Crippen LogP contribution in [0.25, 0.3) is 0 Å². The van der Waals surface area contributed by atoms with Gasteiger partial charge in [0.15, 0.2) is 0 Å². The molecule has 0 radical (unpaired) electrons. The van der Waals surface area contributed by atoms with Crippen molar-refractivity contribution in [1.29, 1.82) is 0 Å². The summed E-state index contributed by atoms with van der Waals surface area (Å²) in [5.74, 6) is 0.995. The van der Waals surface area contributed by atoms with E-state index in [2.05, 4.69) is 6.07 Å². The number of halogens is 1.